The third-order valence-electron chi connectivity index (χ3n) is 2.40. The molecule has 4 nitrogen and oxygen atoms in total. The van der Waals surface area contributed by atoms with Crippen LogP contribution in [0.1, 0.15) is 12.5 Å². The van der Waals surface area contributed by atoms with Gasteiger partial charge in [-0.15, -0.1) is 0 Å². The van der Waals surface area contributed by atoms with Crippen molar-refractivity contribution >= 4 is 11.9 Å². The van der Waals surface area contributed by atoms with Crippen molar-refractivity contribution in [2.45, 2.75) is 18.6 Å². The highest BCUT2D eigenvalue weighted by Crippen LogP contribution is 2.24. The largest absolute Gasteiger partial charge is 0.479 e. The topological polar surface area (TPSA) is 66.4 Å². The number of carboxylic acids is 1. The number of alkyl halides is 3. The second-order valence-corrected chi connectivity index (χ2v) is 3.75. The van der Waals surface area contributed by atoms with E-state index in [0.717, 1.165) is 6.92 Å². The lowest BCUT2D eigenvalue weighted by atomic mass is 9.92. The van der Waals surface area contributed by atoms with Crippen LogP contribution in [0.25, 0.3) is 0 Å². The molecule has 0 radical (unpaired) electrons. The average molecular weight is 261 g/mol. The molecule has 0 aliphatic carbocycles. The third-order valence-corrected chi connectivity index (χ3v) is 2.40. The Morgan fingerprint density at radius 1 is 1.17 bits per heavy atom. The van der Waals surface area contributed by atoms with Crippen molar-refractivity contribution in [2.24, 2.45) is 0 Å². The predicted molar refractivity (Wildman–Crippen MR) is 55.6 cm³/mol. The van der Waals surface area contributed by atoms with Crippen LogP contribution in [0.15, 0.2) is 30.3 Å². The quantitative estimate of drug-likeness (QED) is 0.869. The predicted octanol–water partition coefficient (Wildman–Crippen LogP) is 1.66. The number of carbonyl (C=O) groups excluding carboxylic acids is 1. The van der Waals surface area contributed by atoms with Gasteiger partial charge in [-0.05, 0) is 12.5 Å². The first-order valence-electron chi connectivity index (χ1n) is 4.86. The fourth-order valence-corrected chi connectivity index (χ4v) is 1.32. The van der Waals surface area contributed by atoms with Gasteiger partial charge in [0.05, 0.1) is 0 Å². The Hall–Kier alpha value is -2.05. The summed E-state index contributed by atoms with van der Waals surface area (Å²) in [7, 11) is 0. The summed E-state index contributed by atoms with van der Waals surface area (Å²) in [6.45, 7) is 0.994. The first-order valence-corrected chi connectivity index (χ1v) is 4.86. The SMILES string of the molecule is C[C@](NC(=O)C(F)(F)F)(C(=O)O)c1ccccc1. The molecule has 1 amide bonds. The van der Waals surface area contributed by atoms with Crippen molar-refractivity contribution in [2.75, 3.05) is 0 Å². The number of carboxylic acid groups (broad SMARTS) is 1. The van der Waals surface area contributed by atoms with Gasteiger partial charge in [0.25, 0.3) is 0 Å². The summed E-state index contributed by atoms with van der Waals surface area (Å²) >= 11 is 0. The van der Waals surface area contributed by atoms with Gasteiger partial charge in [-0.2, -0.15) is 13.2 Å². The summed E-state index contributed by atoms with van der Waals surface area (Å²) in [5, 5.41) is 10.5. The van der Waals surface area contributed by atoms with Crippen molar-refractivity contribution in [3.8, 4) is 0 Å². The van der Waals surface area contributed by atoms with Gasteiger partial charge in [0.1, 0.15) is 0 Å². The first-order chi connectivity index (χ1) is 8.18. The molecule has 0 bridgehead atoms. The van der Waals surface area contributed by atoms with Gasteiger partial charge in [-0.3, -0.25) is 4.79 Å². The summed E-state index contributed by atoms with van der Waals surface area (Å²) in [6, 6.07) is 7.17. The van der Waals surface area contributed by atoms with Gasteiger partial charge in [0.2, 0.25) is 0 Å². The lowest BCUT2D eigenvalue weighted by Crippen LogP contribution is -2.53. The van der Waals surface area contributed by atoms with Crippen molar-refractivity contribution in [1.82, 2.24) is 5.32 Å². The molecule has 0 aromatic heterocycles. The molecule has 0 spiro atoms. The number of nitrogens with one attached hydrogen (secondary N) is 1. The normalized spacial score (nSPS) is 14.7. The maximum Gasteiger partial charge on any atom is 0.471 e. The van der Waals surface area contributed by atoms with E-state index in [-0.39, 0.29) is 5.56 Å². The second-order valence-electron chi connectivity index (χ2n) is 3.75. The number of halogens is 3. The zero-order valence-corrected chi connectivity index (χ0v) is 9.28. The van der Waals surface area contributed by atoms with Crippen LogP contribution in [0.3, 0.4) is 0 Å². The van der Waals surface area contributed by atoms with Crippen LogP contribution in [0.5, 0.6) is 0 Å². The second kappa shape index (κ2) is 4.67. The molecule has 0 saturated heterocycles. The molecular formula is C11H10F3NO3. The molecule has 1 rings (SSSR count). The summed E-state index contributed by atoms with van der Waals surface area (Å²) in [4.78, 5) is 22.0. The summed E-state index contributed by atoms with van der Waals surface area (Å²) in [5.74, 6) is -3.87. The molecular weight excluding hydrogens is 251 g/mol. The molecule has 0 fully saturated rings. The monoisotopic (exact) mass is 261 g/mol. The number of hydrogen-bond acceptors (Lipinski definition) is 2. The van der Waals surface area contributed by atoms with Gasteiger partial charge in [-0.1, -0.05) is 30.3 Å². The number of hydrogen-bond donors (Lipinski definition) is 2. The van der Waals surface area contributed by atoms with E-state index in [0.29, 0.717) is 0 Å². The minimum Gasteiger partial charge on any atom is -0.479 e. The van der Waals surface area contributed by atoms with E-state index in [9.17, 15) is 22.8 Å². The molecule has 0 saturated carbocycles. The van der Waals surface area contributed by atoms with E-state index < -0.39 is 23.6 Å². The van der Waals surface area contributed by atoms with Crippen LogP contribution >= 0.6 is 0 Å². The fraction of sp³-hybridized carbons (Fsp3) is 0.273. The number of benzene rings is 1. The molecule has 1 aromatic rings. The number of aliphatic carboxylic acids is 1. The van der Waals surface area contributed by atoms with Crippen molar-refractivity contribution in [3.05, 3.63) is 35.9 Å². The smallest absolute Gasteiger partial charge is 0.471 e. The van der Waals surface area contributed by atoms with Gasteiger partial charge in [0, 0.05) is 0 Å². The first kappa shape index (κ1) is 14.0. The van der Waals surface area contributed by atoms with E-state index in [2.05, 4.69) is 0 Å². The number of rotatable bonds is 3. The van der Waals surface area contributed by atoms with Gasteiger partial charge < -0.3 is 10.4 Å². The van der Waals surface area contributed by atoms with E-state index in [1.54, 1.807) is 6.07 Å². The van der Waals surface area contributed by atoms with E-state index >= 15 is 0 Å². The van der Waals surface area contributed by atoms with E-state index in [4.69, 9.17) is 5.11 Å². The van der Waals surface area contributed by atoms with Crippen LogP contribution in [0, 0.1) is 0 Å². The molecule has 0 heterocycles. The van der Waals surface area contributed by atoms with Crippen LogP contribution in [0.2, 0.25) is 0 Å². The number of amides is 1. The highest BCUT2D eigenvalue weighted by Gasteiger charge is 2.46. The Morgan fingerprint density at radius 3 is 2.06 bits per heavy atom. The molecule has 18 heavy (non-hydrogen) atoms. The molecule has 0 aliphatic rings. The van der Waals surface area contributed by atoms with Crippen molar-refractivity contribution in [1.29, 1.82) is 0 Å². The average Bonchev–Trinajstić information content (AvgIpc) is 2.28. The Labute approximate surface area is 100 Å². The maximum atomic E-state index is 12.2. The van der Waals surface area contributed by atoms with Gasteiger partial charge >= 0.3 is 18.1 Å². The Balaban J connectivity index is 3.11. The van der Waals surface area contributed by atoms with E-state index in [1.165, 1.54) is 29.6 Å². The fourth-order valence-electron chi connectivity index (χ4n) is 1.32. The highest BCUT2D eigenvalue weighted by molar-refractivity contribution is 5.90. The lowest BCUT2D eigenvalue weighted by molar-refractivity contribution is -0.177. The molecule has 0 unspecified atom stereocenters. The third kappa shape index (κ3) is 2.79. The lowest BCUT2D eigenvalue weighted by Gasteiger charge is -2.27. The number of carbonyl (C=O) groups is 2. The van der Waals surface area contributed by atoms with Gasteiger partial charge in [0.15, 0.2) is 5.54 Å². The summed E-state index contributed by atoms with van der Waals surface area (Å²) in [5.41, 5.74) is -2.08. The summed E-state index contributed by atoms with van der Waals surface area (Å²) < 4.78 is 36.5. The molecule has 0 aliphatic heterocycles. The Bertz CT molecular complexity index is 458. The van der Waals surface area contributed by atoms with Crippen LogP contribution in [-0.4, -0.2) is 23.2 Å². The zero-order valence-electron chi connectivity index (χ0n) is 9.28. The maximum absolute atomic E-state index is 12.2. The minimum atomic E-state index is -5.13. The molecule has 7 heteroatoms. The zero-order chi connectivity index (χ0) is 14.0. The summed E-state index contributed by atoms with van der Waals surface area (Å²) in [6.07, 6.45) is -5.13. The highest BCUT2D eigenvalue weighted by atomic mass is 19.4. The molecule has 1 atom stereocenters. The minimum absolute atomic E-state index is 0.0510. The van der Waals surface area contributed by atoms with Crippen molar-refractivity contribution < 1.29 is 27.9 Å². The Morgan fingerprint density at radius 2 is 1.67 bits per heavy atom. The van der Waals surface area contributed by atoms with E-state index in [1.807, 2.05) is 0 Å². The van der Waals surface area contributed by atoms with Crippen LogP contribution < -0.4 is 5.32 Å². The van der Waals surface area contributed by atoms with Crippen molar-refractivity contribution in [3.63, 3.8) is 0 Å². The molecule has 2 N–H and O–H groups in total. The molecule has 1 aromatic carbocycles. The molecule has 98 valence electrons. The standard InChI is InChI=1S/C11H10F3NO3/c1-10(9(17)18,7-5-3-2-4-6-7)15-8(16)11(12,13)14/h2-6H,1H3,(H,15,16)(H,17,18)/t10-/m1/s1. The van der Waals surface area contributed by atoms with Gasteiger partial charge in [-0.25, -0.2) is 4.79 Å². The van der Waals surface area contributed by atoms with Crippen LogP contribution in [0.4, 0.5) is 13.2 Å². The van der Waals surface area contributed by atoms with Crippen LogP contribution in [-0.2, 0) is 15.1 Å². The Kier molecular flexibility index (Phi) is 3.64.